The van der Waals surface area contributed by atoms with E-state index in [2.05, 4.69) is 0 Å². The molecule has 0 aromatic rings. The van der Waals surface area contributed by atoms with Crippen molar-refractivity contribution in [1.29, 1.82) is 0 Å². The minimum atomic E-state index is 0. The molecule has 5 heavy (non-hydrogen) atoms. The van der Waals surface area contributed by atoms with Crippen molar-refractivity contribution in [2.75, 3.05) is 0 Å². The minimum absolute atomic E-state index is 0. The Balaban J connectivity index is 0. The van der Waals surface area contributed by atoms with Gasteiger partial charge in [-0.15, -0.1) is 0 Å². The smallest absolute Gasteiger partial charge is 0 e. The average molecular weight is 443 g/mol. The van der Waals surface area contributed by atoms with Gasteiger partial charge in [0.2, 0.25) is 0 Å². The summed E-state index contributed by atoms with van der Waals surface area (Å²) >= 11 is 0. The summed E-state index contributed by atoms with van der Waals surface area (Å²) in [7, 11) is 0. The van der Waals surface area contributed by atoms with Crippen molar-refractivity contribution in [3.05, 3.63) is 0 Å². The van der Waals surface area contributed by atoms with Crippen LogP contribution in [0.15, 0.2) is 0 Å². The summed E-state index contributed by atoms with van der Waals surface area (Å²) in [5, 5.41) is 0. The Morgan fingerprint density at radius 1 is 1.00 bits per heavy atom. The zero-order valence-electron chi connectivity index (χ0n) is 1.86. The first-order valence-corrected chi connectivity index (χ1v) is 0. The van der Waals surface area contributed by atoms with Gasteiger partial charge in [0.1, 0.15) is 0 Å². The van der Waals surface area contributed by atoms with Gasteiger partial charge in [-0.3, -0.25) is 0 Å². The van der Waals surface area contributed by atoms with Gasteiger partial charge in [-0.2, -0.15) is 13.5 Å². The molecule has 0 aliphatic carbocycles. The molecule has 0 aromatic carbocycles. The molecule has 0 bridgehead atoms. The summed E-state index contributed by atoms with van der Waals surface area (Å²) < 4.78 is 0. The first kappa shape index (κ1) is 46.3. The van der Waals surface area contributed by atoms with Gasteiger partial charge in [-0.05, 0) is 0 Å². The largest absolute Gasteiger partial charge is 0.197 e. The predicted octanol–water partition coefficient (Wildman–Crippen LogP) is 0.103. The first-order chi connectivity index (χ1) is 0. The molecule has 0 unspecified atom stereocenters. The molecular weight excluding hydrogens is 441 g/mol. The van der Waals surface area contributed by atoms with E-state index in [1.54, 1.807) is 0 Å². The fourth-order valence-corrected chi connectivity index (χ4v) is 0. The van der Waals surface area contributed by atoms with Crippen LogP contribution in [-0.2, 0) is 76.7 Å². The van der Waals surface area contributed by atoms with Gasteiger partial charge in [0.05, 0.1) is 0 Å². The third kappa shape index (κ3) is 20.0. The van der Waals surface area contributed by atoms with Crippen molar-refractivity contribution in [3.63, 3.8) is 0 Å². The zero-order valence-corrected chi connectivity index (χ0v) is 9.30. The van der Waals surface area contributed by atoms with Crippen LogP contribution < -0.4 is 0 Å². The molecule has 2 radical (unpaired) electrons. The van der Waals surface area contributed by atoms with E-state index < -0.39 is 0 Å². The van der Waals surface area contributed by atoms with E-state index in [0.29, 0.717) is 0 Å². The standard InChI is InChI=1S/Ag.Co.Ni.H2S.W/h;;;1H2;. The Hall–Kier alpha value is 2.78. The Morgan fingerprint density at radius 3 is 1.00 bits per heavy atom. The Labute approximate surface area is 88.9 Å². The van der Waals surface area contributed by atoms with E-state index >= 15 is 0 Å². The zero-order chi connectivity index (χ0) is 0. The molecule has 0 atom stereocenters. The average Bonchev–Trinajstić information content (AvgIpc) is 0. The number of rotatable bonds is 0. The van der Waals surface area contributed by atoms with E-state index in [4.69, 9.17) is 0 Å². The predicted molar refractivity (Wildman–Crippen MR) is 10.4 cm³/mol. The van der Waals surface area contributed by atoms with Crippen molar-refractivity contribution in [1.82, 2.24) is 0 Å². The van der Waals surface area contributed by atoms with Gasteiger partial charge in [-0.25, -0.2) is 0 Å². The van der Waals surface area contributed by atoms with E-state index in [1.807, 2.05) is 0 Å². The summed E-state index contributed by atoms with van der Waals surface area (Å²) in [5.41, 5.74) is 0. The van der Waals surface area contributed by atoms with E-state index in [9.17, 15) is 0 Å². The quantitative estimate of drug-likeness (QED) is 0.467. The normalized spacial score (nSPS) is 0. The molecule has 0 rings (SSSR count). The molecule has 0 amide bonds. The van der Waals surface area contributed by atoms with Crippen LogP contribution in [0.4, 0.5) is 0 Å². The minimum Gasteiger partial charge on any atom is -0.197 e. The molecule has 0 heterocycles. The SMILES string of the molecule is S.[Ag].[Co].[Ni].[W]. The van der Waals surface area contributed by atoms with Crippen LogP contribution in [-0.4, -0.2) is 0 Å². The molecule has 0 saturated carbocycles. The topological polar surface area (TPSA) is 0 Å². The summed E-state index contributed by atoms with van der Waals surface area (Å²) in [4.78, 5) is 0. The molecule has 0 aliphatic rings. The fraction of sp³-hybridized carbons (Fsp3) is 0. The van der Waals surface area contributed by atoms with Gasteiger partial charge in [0, 0.05) is 76.7 Å². The van der Waals surface area contributed by atoms with E-state index in [-0.39, 0.29) is 90.2 Å². The van der Waals surface area contributed by atoms with Gasteiger partial charge in [0.25, 0.3) is 0 Å². The van der Waals surface area contributed by atoms with Crippen molar-refractivity contribution in [2.24, 2.45) is 0 Å². The third-order valence-electron chi connectivity index (χ3n) is 0. The van der Waals surface area contributed by atoms with Crippen molar-refractivity contribution >= 4 is 13.5 Å². The Morgan fingerprint density at radius 2 is 1.00 bits per heavy atom. The number of hydrogen-bond acceptors (Lipinski definition) is 0. The maximum atomic E-state index is 0. The van der Waals surface area contributed by atoms with Crippen LogP contribution in [0, 0.1) is 0 Å². The van der Waals surface area contributed by atoms with Crippen LogP contribution in [0.25, 0.3) is 0 Å². The van der Waals surface area contributed by atoms with Crippen molar-refractivity contribution in [2.45, 2.75) is 0 Å². The molecule has 0 spiro atoms. The van der Waals surface area contributed by atoms with Crippen LogP contribution in [0.5, 0.6) is 0 Å². The Bertz CT molecular complexity index is 11.6. The van der Waals surface area contributed by atoms with Crippen molar-refractivity contribution in [3.8, 4) is 0 Å². The summed E-state index contributed by atoms with van der Waals surface area (Å²) in [5.74, 6) is 0. The molecular formula is H2AgCoNiSW. The molecule has 0 nitrogen and oxygen atoms in total. The van der Waals surface area contributed by atoms with Crippen LogP contribution in [0.1, 0.15) is 0 Å². The first-order valence-electron chi connectivity index (χ1n) is 0. The van der Waals surface area contributed by atoms with Gasteiger partial charge >= 0.3 is 0 Å². The van der Waals surface area contributed by atoms with Crippen LogP contribution >= 0.6 is 13.5 Å². The maximum Gasteiger partial charge on any atom is 0 e. The van der Waals surface area contributed by atoms with Crippen molar-refractivity contribution < 1.29 is 76.7 Å². The van der Waals surface area contributed by atoms with Crippen LogP contribution in [0.2, 0.25) is 0 Å². The Kier molecular flexibility index (Phi) is 271. The van der Waals surface area contributed by atoms with Gasteiger partial charge < -0.3 is 0 Å². The van der Waals surface area contributed by atoms with Crippen LogP contribution in [0.3, 0.4) is 0 Å². The van der Waals surface area contributed by atoms with Gasteiger partial charge in [-0.1, -0.05) is 0 Å². The molecule has 5 heteroatoms. The summed E-state index contributed by atoms with van der Waals surface area (Å²) in [6, 6.07) is 0. The molecule has 0 fully saturated rings. The molecule has 0 N–H and O–H groups in total. The summed E-state index contributed by atoms with van der Waals surface area (Å²) in [6.07, 6.45) is 0. The fourth-order valence-electron chi connectivity index (χ4n) is 0. The second kappa shape index (κ2) is 29.3. The molecule has 0 saturated heterocycles. The van der Waals surface area contributed by atoms with E-state index in [0.717, 1.165) is 0 Å². The summed E-state index contributed by atoms with van der Waals surface area (Å²) in [6.45, 7) is 0. The monoisotopic (exact) mass is 442 g/mol. The third-order valence-corrected chi connectivity index (χ3v) is 0. The number of hydrogen-bond donors (Lipinski definition) is 0. The maximum absolute atomic E-state index is 0. The van der Waals surface area contributed by atoms with Gasteiger partial charge in [0.15, 0.2) is 0 Å². The molecule has 0 aromatic heterocycles. The molecule has 44 valence electrons. The second-order valence-electron chi connectivity index (χ2n) is 0. The second-order valence-corrected chi connectivity index (χ2v) is 0. The molecule has 0 aliphatic heterocycles. The van der Waals surface area contributed by atoms with E-state index in [1.165, 1.54) is 0 Å².